The quantitative estimate of drug-likeness (QED) is 0.183. The minimum absolute atomic E-state index is 1.50. The maximum Gasteiger partial charge on any atom is 0.631 e. The summed E-state index contributed by atoms with van der Waals surface area (Å²) in [5, 5.41) is 86.0. The van der Waals surface area contributed by atoms with Gasteiger partial charge in [-0.05, 0) is 7.05 Å². The molecule has 110 valence electrons. The van der Waals surface area contributed by atoms with Gasteiger partial charge < -0.3 is 66.0 Å². The van der Waals surface area contributed by atoms with Gasteiger partial charge in [0.2, 0.25) is 0 Å². The molecular formula is CH17B4NO12. The molecular weight excluding hydrogens is 261 g/mol. The molecule has 0 unspecified atom stereocenters. The minimum Gasteiger partial charge on any atom is -0.402 e. The van der Waals surface area contributed by atoms with Crippen molar-refractivity contribution in [1.29, 1.82) is 0 Å². The molecule has 0 atom stereocenters. The van der Waals surface area contributed by atoms with Gasteiger partial charge >= 0.3 is 29.3 Å². The lowest BCUT2D eigenvalue weighted by Gasteiger charge is -1.69. The topological polar surface area (TPSA) is 269 Å². The first kappa shape index (κ1) is 30.6. The SMILES string of the molecule is CN.OB(O)O.OB(O)O.OB(O)O.OB(O)O. The molecule has 0 rings (SSSR count). The van der Waals surface area contributed by atoms with Gasteiger partial charge in [-0.2, -0.15) is 0 Å². The molecule has 0 aromatic carbocycles. The number of hydrogen-bond acceptors (Lipinski definition) is 13. The Morgan fingerprint density at radius 1 is 0.389 bits per heavy atom. The summed E-state index contributed by atoms with van der Waals surface area (Å²) in [6.07, 6.45) is 0. The Morgan fingerprint density at radius 3 is 0.389 bits per heavy atom. The number of rotatable bonds is 0. The summed E-state index contributed by atoms with van der Waals surface area (Å²) in [6.45, 7) is 0. The van der Waals surface area contributed by atoms with Crippen LogP contribution in [0, 0.1) is 0 Å². The fourth-order valence-electron chi connectivity index (χ4n) is 0. The van der Waals surface area contributed by atoms with Crippen molar-refractivity contribution in [3.8, 4) is 0 Å². The molecule has 0 aliphatic heterocycles. The summed E-state index contributed by atoms with van der Waals surface area (Å²) in [5.41, 5.74) is 4.50. The molecule has 0 spiro atoms. The van der Waals surface area contributed by atoms with Gasteiger partial charge in [-0.1, -0.05) is 0 Å². The summed E-state index contributed by atoms with van der Waals surface area (Å²) < 4.78 is 0. The van der Waals surface area contributed by atoms with Crippen molar-refractivity contribution in [2.75, 3.05) is 7.05 Å². The average molecular weight is 278 g/mol. The third-order valence-corrected chi connectivity index (χ3v) is 0. The van der Waals surface area contributed by atoms with Crippen molar-refractivity contribution in [2.24, 2.45) is 5.73 Å². The second-order valence-corrected chi connectivity index (χ2v) is 1.39. The van der Waals surface area contributed by atoms with Crippen molar-refractivity contribution in [2.45, 2.75) is 0 Å². The van der Waals surface area contributed by atoms with Gasteiger partial charge in [0.1, 0.15) is 0 Å². The van der Waals surface area contributed by atoms with E-state index in [-0.39, 0.29) is 0 Å². The molecule has 18 heavy (non-hydrogen) atoms. The Balaban J connectivity index is -0.0000000399. The standard InChI is InChI=1S/CH5N.4BH3O3/c1-2;4*2-1(3)4/h2H2,1H3;4*2-4H. The van der Waals surface area contributed by atoms with Crippen LogP contribution in [0.4, 0.5) is 0 Å². The van der Waals surface area contributed by atoms with Gasteiger partial charge in [0.15, 0.2) is 0 Å². The molecule has 0 aliphatic carbocycles. The van der Waals surface area contributed by atoms with Crippen LogP contribution < -0.4 is 5.73 Å². The molecule has 17 heteroatoms. The molecule has 0 bridgehead atoms. The van der Waals surface area contributed by atoms with Crippen molar-refractivity contribution in [1.82, 2.24) is 0 Å². The van der Waals surface area contributed by atoms with E-state index in [4.69, 9.17) is 60.3 Å². The van der Waals surface area contributed by atoms with Crippen molar-refractivity contribution < 1.29 is 60.3 Å². The molecule has 0 amide bonds. The Labute approximate surface area is 103 Å². The maximum atomic E-state index is 7.17. The fourth-order valence-corrected chi connectivity index (χ4v) is 0. The molecule has 0 heterocycles. The largest absolute Gasteiger partial charge is 0.631 e. The lowest BCUT2D eigenvalue weighted by molar-refractivity contribution is 0.276. The number of nitrogens with two attached hydrogens (primary N) is 1. The summed E-state index contributed by atoms with van der Waals surface area (Å²) in [7, 11) is -7.17. The van der Waals surface area contributed by atoms with E-state index in [9.17, 15) is 0 Å². The van der Waals surface area contributed by atoms with E-state index < -0.39 is 29.3 Å². The monoisotopic (exact) mass is 279 g/mol. The van der Waals surface area contributed by atoms with Crippen LogP contribution in [-0.2, 0) is 0 Å². The van der Waals surface area contributed by atoms with Crippen LogP contribution in [-0.4, -0.2) is 96.6 Å². The first-order valence-electron chi connectivity index (χ1n) is 3.68. The highest BCUT2D eigenvalue weighted by molar-refractivity contribution is 6.31. The molecule has 14 N–H and O–H groups in total. The van der Waals surface area contributed by atoms with Crippen LogP contribution in [0.3, 0.4) is 0 Å². The highest BCUT2D eigenvalue weighted by Gasteiger charge is 1.93. The predicted molar refractivity (Wildman–Crippen MR) is 59.8 cm³/mol. The van der Waals surface area contributed by atoms with Gasteiger partial charge in [-0.15, -0.1) is 0 Å². The second kappa shape index (κ2) is 30.1. The summed E-state index contributed by atoms with van der Waals surface area (Å²) in [6, 6.07) is 0. The third-order valence-electron chi connectivity index (χ3n) is 0. The third kappa shape index (κ3) is 50500. The zero-order valence-electron chi connectivity index (χ0n) is 9.25. The number of hydrogen-bond donors (Lipinski definition) is 13. The van der Waals surface area contributed by atoms with E-state index in [1.54, 1.807) is 0 Å². The van der Waals surface area contributed by atoms with E-state index in [1.165, 1.54) is 7.05 Å². The summed E-state index contributed by atoms with van der Waals surface area (Å²) in [4.78, 5) is 0. The van der Waals surface area contributed by atoms with Crippen molar-refractivity contribution in [3.63, 3.8) is 0 Å². The Kier molecular flexibility index (Phi) is 51.2. The molecule has 0 saturated heterocycles. The van der Waals surface area contributed by atoms with Crippen LogP contribution in [0.2, 0.25) is 0 Å². The lowest BCUT2D eigenvalue weighted by atomic mass is 10.3. The van der Waals surface area contributed by atoms with Gasteiger partial charge in [-0.3, -0.25) is 0 Å². The van der Waals surface area contributed by atoms with Gasteiger partial charge in [-0.25, -0.2) is 0 Å². The van der Waals surface area contributed by atoms with Crippen molar-refractivity contribution >= 4 is 29.3 Å². The molecule has 0 radical (unpaired) electrons. The highest BCUT2D eigenvalue weighted by Crippen LogP contribution is 1.41. The van der Waals surface area contributed by atoms with Crippen LogP contribution in [0.5, 0.6) is 0 Å². The zero-order valence-corrected chi connectivity index (χ0v) is 9.25. The van der Waals surface area contributed by atoms with Gasteiger partial charge in [0.05, 0.1) is 0 Å². The highest BCUT2D eigenvalue weighted by atomic mass is 16.5. The molecule has 0 fully saturated rings. The summed E-state index contributed by atoms with van der Waals surface area (Å²) >= 11 is 0. The minimum atomic E-state index is -2.17. The molecule has 0 aromatic heterocycles. The Hall–Kier alpha value is -0.260. The zero-order chi connectivity index (χ0) is 16.3. The Bertz CT molecular complexity index is 67.1. The molecule has 0 saturated carbocycles. The maximum absolute atomic E-state index is 7.17. The van der Waals surface area contributed by atoms with Gasteiger partial charge in [0.25, 0.3) is 0 Å². The van der Waals surface area contributed by atoms with E-state index in [0.717, 1.165) is 0 Å². The van der Waals surface area contributed by atoms with Crippen LogP contribution in [0.25, 0.3) is 0 Å². The van der Waals surface area contributed by atoms with Crippen LogP contribution in [0.15, 0.2) is 0 Å². The van der Waals surface area contributed by atoms with Crippen LogP contribution >= 0.6 is 0 Å². The smallest absolute Gasteiger partial charge is 0.402 e. The first-order valence-corrected chi connectivity index (χ1v) is 3.68. The van der Waals surface area contributed by atoms with E-state index in [1.807, 2.05) is 0 Å². The predicted octanol–water partition coefficient (Wildman–Crippen LogP) is -8.63. The summed E-state index contributed by atoms with van der Waals surface area (Å²) in [5.74, 6) is 0. The van der Waals surface area contributed by atoms with E-state index in [0.29, 0.717) is 0 Å². The van der Waals surface area contributed by atoms with E-state index in [2.05, 4.69) is 5.73 Å². The fraction of sp³-hybridized carbons (Fsp3) is 1.00. The van der Waals surface area contributed by atoms with E-state index >= 15 is 0 Å². The molecule has 0 aromatic rings. The Morgan fingerprint density at radius 2 is 0.389 bits per heavy atom. The molecule has 13 nitrogen and oxygen atoms in total. The second-order valence-electron chi connectivity index (χ2n) is 1.39. The first-order chi connectivity index (χ1) is 7.93. The lowest BCUT2D eigenvalue weighted by Crippen LogP contribution is -2.07. The average Bonchev–Trinajstić information content (AvgIpc) is 2.01. The normalized spacial score (nSPS) is 6.33. The van der Waals surface area contributed by atoms with Crippen molar-refractivity contribution in [3.05, 3.63) is 0 Å². The van der Waals surface area contributed by atoms with Crippen LogP contribution in [0.1, 0.15) is 0 Å². The van der Waals surface area contributed by atoms with Gasteiger partial charge in [0, 0.05) is 0 Å². The molecule has 0 aliphatic rings.